The summed E-state index contributed by atoms with van der Waals surface area (Å²) in [6, 6.07) is 0. The van der Waals surface area contributed by atoms with Crippen molar-refractivity contribution in [2.24, 2.45) is 5.92 Å². The molecule has 0 radical (unpaired) electrons. The van der Waals surface area contributed by atoms with Crippen LogP contribution in [0.4, 0.5) is 13.2 Å². The lowest BCUT2D eigenvalue weighted by atomic mass is 9.89. The minimum absolute atomic E-state index is 0.170. The summed E-state index contributed by atoms with van der Waals surface area (Å²) in [4.78, 5) is 0.811. The van der Waals surface area contributed by atoms with Gasteiger partial charge in [0.2, 0.25) is 0 Å². The molecule has 1 fully saturated rings. The fraction of sp³-hybridized carbons (Fsp3) is 0.857. The summed E-state index contributed by atoms with van der Waals surface area (Å²) in [6.07, 6.45) is -2.08. The van der Waals surface area contributed by atoms with Crippen LogP contribution in [0.25, 0.3) is 0 Å². The molecule has 0 heterocycles. The maximum absolute atomic E-state index is 12.1. The summed E-state index contributed by atoms with van der Waals surface area (Å²) < 4.78 is 36.2. The van der Waals surface area contributed by atoms with Gasteiger partial charge in [-0.25, -0.2) is 0 Å². The Morgan fingerprint density at radius 3 is 2.36 bits per heavy atom. The number of alkyl halides is 3. The van der Waals surface area contributed by atoms with Crippen molar-refractivity contribution in [1.29, 1.82) is 0 Å². The molecule has 1 saturated carbocycles. The van der Waals surface area contributed by atoms with E-state index < -0.39 is 12.1 Å². The highest BCUT2D eigenvalue weighted by Gasteiger charge is 2.46. The minimum atomic E-state index is -4.00. The van der Waals surface area contributed by atoms with Gasteiger partial charge >= 0.3 is 6.18 Å². The molecule has 0 aromatic rings. The van der Waals surface area contributed by atoms with Gasteiger partial charge in [-0.3, -0.25) is 0 Å². The fourth-order valence-electron chi connectivity index (χ4n) is 1.29. The van der Waals surface area contributed by atoms with Crippen LogP contribution in [-0.4, -0.2) is 6.18 Å². The SMILES string of the molecule is FC(F)(F)C1CCC[C+](Br)C1. The van der Waals surface area contributed by atoms with Gasteiger partial charge in [0.1, 0.15) is 12.8 Å². The van der Waals surface area contributed by atoms with Crippen LogP contribution in [0.15, 0.2) is 0 Å². The quantitative estimate of drug-likeness (QED) is 0.557. The Bertz CT molecular complexity index is 132. The summed E-state index contributed by atoms with van der Waals surface area (Å²) in [5.41, 5.74) is 0. The largest absolute Gasteiger partial charge is 0.395 e. The molecule has 1 aliphatic rings. The van der Waals surface area contributed by atoms with E-state index >= 15 is 0 Å². The molecular formula is C7H9BrF3+. The standard InChI is InChI=1S/C7H9BrF3/c8-6-3-1-2-5(4-6)7(9,10)11/h5H,1-4H2/q+1. The molecule has 1 aliphatic carbocycles. The molecule has 1 rings (SSSR count). The van der Waals surface area contributed by atoms with Gasteiger partial charge in [-0.15, -0.1) is 0 Å². The molecule has 11 heavy (non-hydrogen) atoms. The van der Waals surface area contributed by atoms with Gasteiger partial charge in [0, 0.05) is 0 Å². The second-order valence-corrected chi connectivity index (χ2v) is 3.97. The number of hydrogen-bond acceptors (Lipinski definition) is 0. The first-order chi connectivity index (χ1) is 5.00. The Balaban J connectivity index is 2.46. The van der Waals surface area contributed by atoms with Crippen LogP contribution < -0.4 is 0 Å². The van der Waals surface area contributed by atoms with E-state index in [4.69, 9.17) is 0 Å². The van der Waals surface area contributed by atoms with Crippen molar-refractivity contribution in [3.8, 4) is 0 Å². The van der Waals surface area contributed by atoms with Crippen LogP contribution in [0.1, 0.15) is 25.7 Å². The first-order valence-corrected chi connectivity index (χ1v) is 4.36. The van der Waals surface area contributed by atoms with E-state index in [1.807, 2.05) is 0 Å². The van der Waals surface area contributed by atoms with E-state index in [-0.39, 0.29) is 6.42 Å². The second-order valence-electron chi connectivity index (χ2n) is 2.85. The summed E-state index contributed by atoms with van der Waals surface area (Å²) in [5, 5.41) is 0. The molecule has 0 spiro atoms. The lowest BCUT2D eigenvalue weighted by molar-refractivity contribution is -0.179. The average Bonchev–Trinajstić information content (AvgIpc) is 1.86. The molecule has 1 unspecified atom stereocenters. The Labute approximate surface area is 72.3 Å². The summed E-state index contributed by atoms with van der Waals surface area (Å²) in [7, 11) is 0. The van der Waals surface area contributed by atoms with Crippen LogP contribution in [0, 0.1) is 10.7 Å². The molecule has 1 atom stereocenters. The average molecular weight is 230 g/mol. The van der Waals surface area contributed by atoms with Crippen molar-refractivity contribution in [3.05, 3.63) is 4.83 Å². The first-order valence-electron chi connectivity index (χ1n) is 3.57. The lowest BCUT2D eigenvalue weighted by Gasteiger charge is -2.20. The van der Waals surface area contributed by atoms with Crippen LogP contribution in [0.3, 0.4) is 0 Å². The Hall–Kier alpha value is 0.140. The predicted octanol–water partition coefficient (Wildman–Crippen LogP) is 3.67. The molecule has 0 N–H and O–H groups in total. The Morgan fingerprint density at radius 1 is 1.36 bits per heavy atom. The number of rotatable bonds is 0. The van der Waals surface area contributed by atoms with Crippen molar-refractivity contribution in [3.63, 3.8) is 0 Å². The van der Waals surface area contributed by atoms with Crippen molar-refractivity contribution >= 4 is 15.9 Å². The highest BCUT2D eigenvalue weighted by molar-refractivity contribution is 9.11. The summed E-state index contributed by atoms with van der Waals surface area (Å²) in [5.74, 6) is -1.11. The number of halogens is 4. The number of hydrogen-bond donors (Lipinski definition) is 0. The third-order valence-electron chi connectivity index (χ3n) is 1.93. The second kappa shape index (κ2) is 3.25. The Morgan fingerprint density at radius 2 is 2.00 bits per heavy atom. The van der Waals surface area contributed by atoms with Gasteiger partial charge in [0.05, 0.1) is 5.92 Å². The normalized spacial score (nSPS) is 27.3. The van der Waals surface area contributed by atoms with Gasteiger partial charge in [0.15, 0.2) is 20.8 Å². The molecule has 64 valence electrons. The van der Waals surface area contributed by atoms with Crippen LogP contribution >= 0.6 is 15.9 Å². The van der Waals surface area contributed by atoms with Gasteiger partial charge in [-0.1, -0.05) is 0 Å². The third kappa shape index (κ3) is 2.58. The van der Waals surface area contributed by atoms with E-state index in [0.29, 0.717) is 12.8 Å². The molecular weight excluding hydrogens is 221 g/mol. The molecule has 0 aliphatic heterocycles. The van der Waals surface area contributed by atoms with Gasteiger partial charge < -0.3 is 0 Å². The zero-order chi connectivity index (χ0) is 8.48. The van der Waals surface area contributed by atoms with Crippen LogP contribution in [0.5, 0.6) is 0 Å². The van der Waals surface area contributed by atoms with Gasteiger partial charge in [0.25, 0.3) is 0 Å². The molecule has 0 saturated heterocycles. The van der Waals surface area contributed by atoms with Crippen molar-refractivity contribution < 1.29 is 13.2 Å². The van der Waals surface area contributed by atoms with E-state index in [1.54, 1.807) is 0 Å². The lowest BCUT2D eigenvalue weighted by Crippen LogP contribution is -2.26. The highest BCUT2D eigenvalue weighted by atomic mass is 79.9. The minimum Gasteiger partial charge on any atom is -0.171 e. The molecule has 0 amide bonds. The van der Waals surface area contributed by atoms with E-state index in [2.05, 4.69) is 15.9 Å². The molecule has 0 bridgehead atoms. The van der Waals surface area contributed by atoms with E-state index in [9.17, 15) is 13.2 Å². The van der Waals surface area contributed by atoms with E-state index in [0.717, 1.165) is 11.2 Å². The maximum atomic E-state index is 12.1. The molecule has 0 aromatic heterocycles. The molecule has 0 aromatic carbocycles. The topological polar surface area (TPSA) is 0 Å². The smallest absolute Gasteiger partial charge is 0.171 e. The zero-order valence-corrected chi connectivity index (χ0v) is 7.50. The maximum Gasteiger partial charge on any atom is 0.395 e. The zero-order valence-electron chi connectivity index (χ0n) is 5.92. The molecule has 4 heteroatoms. The predicted molar refractivity (Wildman–Crippen MR) is 40.2 cm³/mol. The van der Waals surface area contributed by atoms with Crippen molar-refractivity contribution in [2.45, 2.75) is 31.9 Å². The third-order valence-corrected chi connectivity index (χ3v) is 2.65. The monoisotopic (exact) mass is 229 g/mol. The van der Waals surface area contributed by atoms with E-state index in [1.165, 1.54) is 0 Å². The van der Waals surface area contributed by atoms with Crippen molar-refractivity contribution in [2.75, 3.05) is 0 Å². The van der Waals surface area contributed by atoms with Gasteiger partial charge in [-0.2, -0.15) is 13.2 Å². The van der Waals surface area contributed by atoms with Crippen LogP contribution in [0.2, 0.25) is 0 Å². The Kier molecular flexibility index (Phi) is 2.73. The summed E-state index contributed by atoms with van der Waals surface area (Å²) in [6.45, 7) is 0. The molecule has 0 nitrogen and oxygen atoms in total. The van der Waals surface area contributed by atoms with Crippen molar-refractivity contribution in [1.82, 2.24) is 0 Å². The first kappa shape index (κ1) is 9.23. The van der Waals surface area contributed by atoms with Crippen LogP contribution in [-0.2, 0) is 0 Å². The summed E-state index contributed by atoms with van der Waals surface area (Å²) >= 11 is 3.14. The fourth-order valence-corrected chi connectivity index (χ4v) is 1.96. The van der Waals surface area contributed by atoms with Gasteiger partial charge in [-0.05, 0) is 12.8 Å². The highest BCUT2D eigenvalue weighted by Crippen LogP contribution is 2.42.